The van der Waals surface area contributed by atoms with Crippen LogP contribution in [0.2, 0.25) is 0 Å². The zero-order valence-electron chi connectivity index (χ0n) is 11.6. The number of nitrogens with one attached hydrogen (secondary N) is 1. The van der Waals surface area contributed by atoms with Gasteiger partial charge >= 0.3 is 0 Å². The summed E-state index contributed by atoms with van der Waals surface area (Å²) in [5, 5.41) is 3.28. The predicted octanol–water partition coefficient (Wildman–Crippen LogP) is 2.47. The topological polar surface area (TPSA) is 28.2 Å². The van der Waals surface area contributed by atoms with Gasteiger partial charge in [-0.05, 0) is 31.3 Å². The molecule has 1 N–H and O–H groups in total. The summed E-state index contributed by atoms with van der Waals surface area (Å²) in [5.74, 6) is 0. The maximum absolute atomic E-state index is 4.17. The van der Waals surface area contributed by atoms with Crippen molar-refractivity contribution >= 4 is 0 Å². The highest BCUT2D eigenvalue weighted by molar-refractivity contribution is 5.20. The summed E-state index contributed by atoms with van der Waals surface area (Å²) >= 11 is 0. The number of benzene rings is 1. The molecule has 3 heteroatoms. The van der Waals surface area contributed by atoms with Crippen molar-refractivity contribution in [1.29, 1.82) is 0 Å². The lowest BCUT2D eigenvalue weighted by atomic mass is 10.1. The van der Waals surface area contributed by atoms with Crippen molar-refractivity contribution in [2.45, 2.75) is 12.6 Å². The van der Waals surface area contributed by atoms with Gasteiger partial charge in [0, 0.05) is 31.5 Å². The van der Waals surface area contributed by atoms with Crippen LogP contribution >= 0.6 is 0 Å². The van der Waals surface area contributed by atoms with E-state index in [1.54, 1.807) is 0 Å². The number of pyridine rings is 1. The van der Waals surface area contributed by atoms with Gasteiger partial charge in [-0.25, -0.2) is 0 Å². The largest absolute Gasteiger partial charge is 0.318 e. The molecule has 0 aliphatic rings. The van der Waals surface area contributed by atoms with Crippen LogP contribution in [0.3, 0.4) is 0 Å². The van der Waals surface area contributed by atoms with E-state index in [0.29, 0.717) is 6.04 Å². The fraction of sp³-hybridized carbons (Fsp3) is 0.312. The van der Waals surface area contributed by atoms with Gasteiger partial charge < -0.3 is 5.32 Å². The second-order valence-corrected chi connectivity index (χ2v) is 4.76. The molecular weight excluding hydrogens is 234 g/mol. The summed E-state index contributed by atoms with van der Waals surface area (Å²) in [6.45, 7) is 1.83. The molecule has 2 rings (SSSR count). The highest BCUT2D eigenvalue weighted by Crippen LogP contribution is 2.20. The van der Waals surface area contributed by atoms with Gasteiger partial charge in [-0.1, -0.05) is 36.4 Å². The first-order valence-corrected chi connectivity index (χ1v) is 6.60. The Bertz CT molecular complexity index is 470. The van der Waals surface area contributed by atoms with E-state index in [9.17, 15) is 0 Å². The van der Waals surface area contributed by atoms with E-state index in [-0.39, 0.29) is 0 Å². The van der Waals surface area contributed by atoms with Crippen molar-refractivity contribution in [3.63, 3.8) is 0 Å². The van der Waals surface area contributed by atoms with Gasteiger partial charge in [0.05, 0.1) is 0 Å². The maximum Gasteiger partial charge on any atom is 0.0473 e. The molecule has 1 aromatic heterocycles. The lowest BCUT2D eigenvalue weighted by molar-refractivity contribution is 0.233. The lowest BCUT2D eigenvalue weighted by Crippen LogP contribution is -2.31. The molecule has 1 aromatic carbocycles. The molecule has 0 spiro atoms. The smallest absolute Gasteiger partial charge is 0.0473 e. The van der Waals surface area contributed by atoms with E-state index in [4.69, 9.17) is 0 Å². The van der Waals surface area contributed by atoms with Crippen LogP contribution in [-0.2, 0) is 6.54 Å². The monoisotopic (exact) mass is 255 g/mol. The van der Waals surface area contributed by atoms with Crippen molar-refractivity contribution < 1.29 is 0 Å². The highest BCUT2D eigenvalue weighted by Gasteiger charge is 2.16. The van der Waals surface area contributed by atoms with Gasteiger partial charge in [0.2, 0.25) is 0 Å². The molecule has 0 radical (unpaired) electrons. The molecule has 1 heterocycles. The molecule has 2 aromatic rings. The van der Waals surface area contributed by atoms with Gasteiger partial charge in [-0.2, -0.15) is 0 Å². The lowest BCUT2D eigenvalue weighted by Gasteiger charge is -2.28. The SMILES string of the molecule is CNCC(c1ccccc1)N(C)Cc1cccnc1. The molecule has 1 unspecified atom stereocenters. The summed E-state index contributed by atoms with van der Waals surface area (Å²) in [6.07, 6.45) is 3.74. The molecule has 1 atom stereocenters. The van der Waals surface area contributed by atoms with Gasteiger partial charge in [0.25, 0.3) is 0 Å². The quantitative estimate of drug-likeness (QED) is 0.859. The van der Waals surface area contributed by atoms with Crippen molar-refractivity contribution in [2.75, 3.05) is 20.6 Å². The summed E-state index contributed by atoms with van der Waals surface area (Å²) < 4.78 is 0. The minimum atomic E-state index is 0.367. The van der Waals surface area contributed by atoms with Crippen molar-refractivity contribution in [1.82, 2.24) is 15.2 Å². The fourth-order valence-electron chi connectivity index (χ4n) is 2.29. The molecule has 0 saturated carbocycles. The minimum absolute atomic E-state index is 0.367. The molecule has 0 aliphatic carbocycles. The summed E-state index contributed by atoms with van der Waals surface area (Å²) in [4.78, 5) is 6.52. The first-order chi connectivity index (χ1) is 9.31. The van der Waals surface area contributed by atoms with Crippen LogP contribution in [0, 0.1) is 0 Å². The third-order valence-corrected chi connectivity index (χ3v) is 3.27. The molecule has 0 fully saturated rings. The molecule has 19 heavy (non-hydrogen) atoms. The average molecular weight is 255 g/mol. The van der Waals surface area contributed by atoms with Gasteiger partial charge in [0.1, 0.15) is 0 Å². The van der Waals surface area contributed by atoms with Crippen molar-refractivity contribution in [3.8, 4) is 0 Å². The number of aromatic nitrogens is 1. The number of hydrogen-bond acceptors (Lipinski definition) is 3. The third-order valence-electron chi connectivity index (χ3n) is 3.27. The molecular formula is C16H21N3. The molecule has 3 nitrogen and oxygen atoms in total. The number of nitrogens with zero attached hydrogens (tertiary/aromatic N) is 2. The number of rotatable bonds is 6. The minimum Gasteiger partial charge on any atom is -0.318 e. The summed E-state index contributed by atoms with van der Waals surface area (Å²) in [5.41, 5.74) is 2.57. The van der Waals surface area contributed by atoms with E-state index in [1.165, 1.54) is 11.1 Å². The van der Waals surface area contributed by atoms with Crippen LogP contribution in [0.15, 0.2) is 54.9 Å². The summed E-state index contributed by atoms with van der Waals surface area (Å²) in [6, 6.07) is 15.1. The Kier molecular flexibility index (Phi) is 5.07. The Hall–Kier alpha value is -1.71. The van der Waals surface area contributed by atoms with Crippen LogP contribution in [-0.4, -0.2) is 30.5 Å². The van der Waals surface area contributed by atoms with E-state index >= 15 is 0 Å². The second-order valence-electron chi connectivity index (χ2n) is 4.76. The van der Waals surface area contributed by atoms with Crippen LogP contribution in [0.25, 0.3) is 0 Å². The first-order valence-electron chi connectivity index (χ1n) is 6.60. The zero-order valence-corrected chi connectivity index (χ0v) is 11.6. The molecule has 0 bridgehead atoms. The number of hydrogen-bond donors (Lipinski definition) is 1. The Morgan fingerprint density at radius 2 is 1.95 bits per heavy atom. The molecule has 100 valence electrons. The van der Waals surface area contributed by atoms with Crippen molar-refractivity contribution in [3.05, 3.63) is 66.0 Å². The van der Waals surface area contributed by atoms with Gasteiger partial charge in [-0.3, -0.25) is 9.88 Å². The van der Waals surface area contributed by atoms with Crippen LogP contribution in [0.1, 0.15) is 17.2 Å². The first kappa shape index (κ1) is 13.7. The van der Waals surface area contributed by atoms with Gasteiger partial charge in [0.15, 0.2) is 0 Å². The predicted molar refractivity (Wildman–Crippen MR) is 78.8 cm³/mol. The Balaban J connectivity index is 2.11. The van der Waals surface area contributed by atoms with E-state index < -0.39 is 0 Å². The Morgan fingerprint density at radius 3 is 2.58 bits per heavy atom. The van der Waals surface area contributed by atoms with Crippen LogP contribution in [0.4, 0.5) is 0 Å². The molecule has 0 amide bonds. The molecule has 0 saturated heterocycles. The maximum atomic E-state index is 4.17. The standard InChI is InChI=1S/C16H21N3/c1-17-12-16(15-8-4-3-5-9-15)19(2)13-14-7-6-10-18-11-14/h3-11,16-17H,12-13H2,1-2H3. The van der Waals surface area contributed by atoms with Crippen molar-refractivity contribution in [2.24, 2.45) is 0 Å². The Labute approximate surface area is 115 Å². The fourth-order valence-corrected chi connectivity index (χ4v) is 2.29. The summed E-state index contributed by atoms with van der Waals surface area (Å²) in [7, 11) is 4.15. The van der Waals surface area contributed by atoms with E-state index in [0.717, 1.165) is 13.1 Å². The third kappa shape index (κ3) is 3.88. The zero-order chi connectivity index (χ0) is 13.5. The second kappa shape index (κ2) is 7.02. The number of likely N-dealkylation sites (N-methyl/N-ethyl adjacent to an activating group) is 2. The normalized spacial score (nSPS) is 12.6. The van der Waals surface area contributed by atoms with E-state index in [1.807, 2.05) is 25.5 Å². The van der Waals surface area contributed by atoms with E-state index in [2.05, 4.69) is 58.6 Å². The molecule has 0 aliphatic heterocycles. The van der Waals surface area contributed by atoms with Gasteiger partial charge in [-0.15, -0.1) is 0 Å². The average Bonchev–Trinajstić information content (AvgIpc) is 2.46. The van der Waals surface area contributed by atoms with Crippen LogP contribution < -0.4 is 5.32 Å². The van der Waals surface area contributed by atoms with Crippen LogP contribution in [0.5, 0.6) is 0 Å². The Morgan fingerprint density at radius 1 is 1.16 bits per heavy atom. The highest BCUT2D eigenvalue weighted by atomic mass is 15.1.